The SMILES string of the molecule is CC1(C)OB(C(F)=Cc2c(-c3ccncc3)n[nH]c2C2CCC2)OC1(C)C. The van der Waals surface area contributed by atoms with Gasteiger partial charge in [0.05, 0.1) is 16.9 Å². The molecule has 2 aliphatic rings. The van der Waals surface area contributed by atoms with Crippen LogP contribution in [-0.4, -0.2) is 33.5 Å². The van der Waals surface area contributed by atoms with Gasteiger partial charge >= 0.3 is 7.12 Å². The first-order valence-corrected chi connectivity index (χ1v) is 9.50. The minimum absolute atomic E-state index is 0.394. The molecule has 3 heterocycles. The van der Waals surface area contributed by atoms with Crippen molar-refractivity contribution in [2.75, 3.05) is 0 Å². The zero-order chi connectivity index (χ0) is 19.2. The molecule has 0 amide bonds. The van der Waals surface area contributed by atoms with Gasteiger partial charge in [-0.3, -0.25) is 10.1 Å². The summed E-state index contributed by atoms with van der Waals surface area (Å²) in [5.74, 6) is 0.394. The van der Waals surface area contributed by atoms with Crippen molar-refractivity contribution in [3.05, 3.63) is 41.5 Å². The van der Waals surface area contributed by atoms with E-state index in [1.54, 1.807) is 12.4 Å². The second kappa shape index (κ2) is 6.57. The van der Waals surface area contributed by atoms with E-state index in [-0.39, 0.29) is 0 Å². The summed E-state index contributed by atoms with van der Waals surface area (Å²) in [6.45, 7) is 7.67. The van der Waals surface area contributed by atoms with Crippen LogP contribution in [0.2, 0.25) is 0 Å². The van der Waals surface area contributed by atoms with E-state index in [9.17, 15) is 0 Å². The third-order valence-corrected chi connectivity index (χ3v) is 6.06. The first-order chi connectivity index (χ1) is 12.8. The van der Waals surface area contributed by atoms with Gasteiger partial charge in [-0.05, 0) is 58.7 Å². The molecule has 1 aliphatic heterocycles. The normalized spacial score (nSPS) is 22.1. The Morgan fingerprint density at radius 1 is 1.19 bits per heavy atom. The smallest absolute Gasteiger partial charge is 0.398 e. The molecule has 5 nitrogen and oxygen atoms in total. The van der Waals surface area contributed by atoms with Crippen LogP contribution in [0.3, 0.4) is 0 Å². The van der Waals surface area contributed by atoms with Crippen molar-refractivity contribution in [2.45, 2.75) is 64.1 Å². The molecule has 0 spiro atoms. The molecule has 1 saturated heterocycles. The topological polar surface area (TPSA) is 60.0 Å². The van der Waals surface area contributed by atoms with Gasteiger partial charge in [-0.1, -0.05) is 6.42 Å². The third kappa shape index (κ3) is 3.23. The van der Waals surface area contributed by atoms with Crippen LogP contribution in [0.1, 0.15) is 64.1 Å². The summed E-state index contributed by atoms with van der Waals surface area (Å²) in [7, 11) is -1.01. The van der Waals surface area contributed by atoms with Crippen LogP contribution in [0.15, 0.2) is 30.3 Å². The van der Waals surface area contributed by atoms with Gasteiger partial charge in [-0.25, -0.2) is 4.39 Å². The molecule has 2 fully saturated rings. The van der Waals surface area contributed by atoms with Crippen molar-refractivity contribution in [3.63, 3.8) is 0 Å². The second-order valence-corrected chi connectivity index (χ2v) is 8.38. The summed E-state index contributed by atoms with van der Waals surface area (Å²) in [5, 5.41) is 7.62. The van der Waals surface area contributed by atoms with Crippen molar-refractivity contribution in [3.8, 4) is 11.3 Å². The third-order valence-electron chi connectivity index (χ3n) is 6.06. The minimum atomic E-state index is -1.01. The van der Waals surface area contributed by atoms with Gasteiger partial charge in [0.25, 0.3) is 0 Å². The Kier molecular flexibility index (Phi) is 4.47. The Balaban J connectivity index is 1.72. The second-order valence-electron chi connectivity index (χ2n) is 8.38. The van der Waals surface area contributed by atoms with Crippen molar-refractivity contribution < 1.29 is 13.7 Å². The molecular formula is C20H25BFN3O2. The molecule has 1 N–H and O–H groups in total. The number of H-pyrrole nitrogens is 1. The van der Waals surface area contributed by atoms with E-state index >= 15 is 4.39 Å². The number of halogens is 1. The summed E-state index contributed by atoms with van der Waals surface area (Å²) >= 11 is 0. The van der Waals surface area contributed by atoms with Crippen LogP contribution in [0, 0.1) is 0 Å². The lowest BCUT2D eigenvalue weighted by atomic mass is 9.79. The molecule has 7 heteroatoms. The van der Waals surface area contributed by atoms with Gasteiger partial charge in [0.15, 0.2) is 0 Å². The monoisotopic (exact) mass is 369 g/mol. The Morgan fingerprint density at radius 3 is 2.37 bits per heavy atom. The lowest BCUT2D eigenvalue weighted by Gasteiger charge is -2.32. The number of nitrogens with zero attached hydrogens (tertiary/aromatic N) is 2. The summed E-state index contributed by atoms with van der Waals surface area (Å²) in [4.78, 5) is 4.06. The average molecular weight is 369 g/mol. The fourth-order valence-corrected chi connectivity index (χ4v) is 3.41. The highest BCUT2D eigenvalue weighted by Crippen LogP contribution is 2.42. The van der Waals surface area contributed by atoms with E-state index in [0.29, 0.717) is 5.92 Å². The van der Waals surface area contributed by atoms with Crippen LogP contribution in [0.4, 0.5) is 4.39 Å². The Labute approximate surface area is 159 Å². The molecule has 142 valence electrons. The highest BCUT2D eigenvalue weighted by molar-refractivity contribution is 6.54. The molecule has 2 aromatic rings. The summed E-state index contributed by atoms with van der Waals surface area (Å²) in [5.41, 5.74) is 1.79. The number of rotatable bonds is 4. The van der Waals surface area contributed by atoms with Crippen LogP contribution in [0.5, 0.6) is 0 Å². The highest BCUT2D eigenvalue weighted by atomic mass is 19.1. The number of pyridine rings is 1. The van der Waals surface area contributed by atoms with Gasteiger partial charge in [-0.2, -0.15) is 5.10 Å². The van der Waals surface area contributed by atoms with E-state index in [2.05, 4.69) is 15.2 Å². The van der Waals surface area contributed by atoms with Gasteiger partial charge in [0.1, 0.15) is 5.73 Å². The molecule has 4 rings (SSSR count). The predicted molar refractivity (Wildman–Crippen MR) is 104 cm³/mol. The molecule has 0 unspecified atom stereocenters. The highest BCUT2D eigenvalue weighted by Gasteiger charge is 2.53. The molecule has 27 heavy (non-hydrogen) atoms. The largest absolute Gasteiger partial charge is 0.525 e. The summed E-state index contributed by atoms with van der Waals surface area (Å²) in [6.07, 6.45) is 8.33. The number of aromatic amines is 1. The van der Waals surface area contributed by atoms with E-state index in [1.165, 1.54) is 12.5 Å². The zero-order valence-corrected chi connectivity index (χ0v) is 16.3. The molecule has 1 aliphatic carbocycles. The Hall–Kier alpha value is -1.99. The van der Waals surface area contributed by atoms with Crippen molar-refractivity contribution >= 4 is 13.2 Å². The van der Waals surface area contributed by atoms with Crippen molar-refractivity contribution in [1.82, 2.24) is 15.2 Å². The predicted octanol–water partition coefficient (Wildman–Crippen LogP) is 4.68. The summed E-state index contributed by atoms with van der Waals surface area (Å²) in [6, 6.07) is 3.76. The van der Waals surface area contributed by atoms with E-state index < -0.39 is 24.0 Å². The maximum atomic E-state index is 15.2. The van der Waals surface area contributed by atoms with E-state index in [4.69, 9.17) is 9.31 Å². The molecule has 0 aromatic carbocycles. The van der Waals surface area contributed by atoms with Gasteiger partial charge in [0.2, 0.25) is 0 Å². The van der Waals surface area contributed by atoms with Gasteiger partial charge in [0, 0.05) is 35.1 Å². The standard InChI is InChI=1S/C20H25BFN3O2/c1-19(2)20(3,4)27-21(26-19)16(22)12-15-17(13-6-5-7-13)24-25-18(15)14-8-10-23-11-9-14/h8-13H,5-7H2,1-4H3,(H,24,25). The Bertz CT molecular complexity index is 843. The first kappa shape index (κ1) is 18.4. The first-order valence-electron chi connectivity index (χ1n) is 9.50. The number of hydrogen-bond acceptors (Lipinski definition) is 4. The van der Waals surface area contributed by atoms with Crippen molar-refractivity contribution in [2.24, 2.45) is 0 Å². The molecular weight excluding hydrogens is 344 g/mol. The molecule has 0 radical (unpaired) electrons. The maximum Gasteiger partial charge on any atom is 0.525 e. The van der Waals surface area contributed by atoms with Crippen LogP contribution < -0.4 is 0 Å². The molecule has 0 atom stereocenters. The number of aromatic nitrogens is 3. The van der Waals surface area contributed by atoms with Crippen LogP contribution >= 0.6 is 0 Å². The molecule has 2 aromatic heterocycles. The maximum absolute atomic E-state index is 15.2. The molecule has 0 bridgehead atoms. The van der Waals surface area contributed by atoms with E-state index in [0.717, 1.165) is 35.4 Å². The summed E-state index contributed by atoms with van der Waals surface area (Å²) < 4.78 is 26.9. The van der Waals surface area contributed by atoms with Gasteiger partial charge < -0.3 is 9.31 Å². The molecule has 1 saturated carbocycles. The Morgan fingerprint density at radius 2 is 1.81 bits per heavy atom. The minimum Gasteiger partial charge on any atom is -0.398 e. The van der Waals surface area contributed by atoms with Crippen LogP contribution in [0.25, 0.3) is 17.3 Å². The number of hydrogen-bond donors (Lipinski definition) is 1. The quantitative estimate of drug-likeness (QED) is 0.795. The average Bonchev–Trinajstić information content (AvgIpc) is 3.05. The fraction of sp³-hybridized carbons (Fsp3) is 0.500. The zero-order valence-electron chi connectivity index (χ0n) is 16.3. The van der Waals surface area contributed by atoms with E-state index in [1.807, 2.05) is 39.8 Å². The van der Waals surface area contributed by atoms with Crippen molar-refractivity contribution in [1.29, 1.82) is 0 Å². The lowest BCUT2D eigenvalue weighted by molar-refractivity contribution is 0.00578. The van der Waals surface area contributed by atoms with Gasteiger partial charge in [-0.15, -0.1) is 0 Å². The fourth-order valence-electron chi connectivity index (χ4n) is 3.41. The van der Waals surface area contributed by atoms with Crippen LogP contribution in [-0.2, 0) is 9.31 Å². The lowest BCUT2D eigenvalue weighted by Crippen LogP contribution is -2.41. The number of nitrogens with one attached hydrogen (secondary N) is 1.